The number of nitrogens with zero attached hydrogens (tertiary/aromatic N) is 1. The summed E-state index contributed by atoms with van der Waals surface area (Å²) in [5.74, 6) is 0.777. The summed E-state index contributed by atoms with van der Waals surface area (Å²) in [5, 5.41) is 0. The molecule has 28 heavy (non-hydrogen) atoms. The zero-order valence-corrected chi connectivity index (χ0v) is 15.8. The number of fused-ring (bicyclic) bond motifs is 1. The Morgan fingerprint density at radius 2 is 1.75 bits per heavy atom. The normalized spacial score (nSPS) is 25.4. The Kier molecular flexibility index (Phi) is 5.78. The van der Waals surface area contributed by atoms with Crippen LogP contribution in [0.25, 0.3) is 0 Å². The predicted molar refractivity (Wildman–Crippen MR) is 104 cm³/mol. The smallest absolute Gasteiger partial charge is 0.387 e. The molecule has 2 N–H and O–H groups in total. The van der Waals surface area contributed by atoms with Gasteiger partial charge >= 0.3 is 6.61 Å². The van der Waals surface area contributed by atoms with Gasteiger partial charge in [0.25, 0.3) is 0 Å². The van der Waals surface area contributed by atoms with Crippen LogP contribution >= 0.6 is 0 Å². The Morgan fingerprint density at radius 1 is 1.00 bits per heavy atom. The summed E-state index contributed by atoms with van der Waals surface area (Å²) >= 11 is 0. The average molecular weight is 388 g/mol. The third kappa shape index (κ3) is 4.28. The van der Waals surface area contributed by atoms with Gasteiger partial charge in [0, 0.05) is 12.6 Å². The summed E-state index contributed by atoms with van der Waals surface area (Å²) in [4.78, 5) is 2.46. The lowest BCUT2D eigenvalue weighted by Gasteiger charge is -2.43. The molecule has 4 nitrogen and oxygen atoms in total. The van der Waals surface area contributed by atoms with Crippen LogP contribution in [0, 0.1) is 0 Å². The molecule has 1 aliphatic heterocycles. The lowest BCUT2D eigenvalue weighted by atomic mass is 9.84. The van der Waals surface area contributed by atoms with Crippen molar-refractivity contribution in [3.63, 3.8) is 0 Å². The highest BCUT2D eigenvalue weighted by Gasteiger charge is 2.36. The van der Waals surface area contributed by atoms with Gasteiger partial charge in [0.15, 0.2) is 0 Å². The molecule has 1 heterocycles. The van der Waals surface area contributed by atoms with Crippen LogP contribution in [0.4, 0.5) is 8.78 Å². The number of halogens is 2. The summed E-state index contributed by atoms with van der Waals surface area (Å²) < 4.78 is 35.6. The Hall–Kier alpha value is -2.18. The van der Waals surface area contributed by atoms with Gasteiger partial charge < -0.3 is 15.2 Å². The molecule has 3 atom stereocenters. The van der Waals surface area contributed by atoms with Crippen LogP contribution in [0.15, 0.2) is 48.5 Å². The fourth-order valence-electron chi connectivity index (χ4n) is 4.41. The summed E-state index contributed by atoms with van der Waals surface area (Å²) in [6, 6.07) is 15.2. The van der Waals surface area contributed by atoms with E-state index in [0.717, 1.165) is 38.8 Å². The molecule has 4 rings (SSSR count). The summed E-state index contributed by atoms with van der Waals surface area (Å²) in [7, 11) is 0. The largest absolute Gasteiger partial charge is 0.484 e. The van der Waals surface area contributed by atoms with Crippen molar-refractivity contribution in [3.05, 3.63) is 59.7 Å². The third-order valence-corrected chi connectivity index (χ3v) is 5.69. The van der Waals surface area contributed by atoms with Crippen molar-refractivity contribution in [1.82, 2.24) is 4.90 Å². The van der Waals surface area contributed by atoms with E-state index in [1.165, 1.54) is 23.3 Å². The number of hydrogen-bond acceptors (Lipinski definition) is 4. The molecule has 2 aromatic rings. The number of aryl methyl sites for hydroxylation is 1. The number of nitrogens with two attached hydrogens (primary N) is 1. The Bertz CT molecular complexity index is 784. The lowest BCUT2D eigenvalue weighted by molar-refractivity contribution is -0.0499. The van der Waals surface area contributed by atoms with Crippen LogP contribution < -0.4 is 15.2 Å². The molecule has 1 fully saturated rings. The monoisotopic (exact) mass is 388 g/mol. The molecule has 1 aliphatic carbocycles. The number of alkyl halides is 2. The number of rotatable bonds is 5. The van der Waals surface area contributed by atoms with Gasteiger partial charge in [-0.3, -0.25) is 4.90 Å². The maximum atomic E-state index is 12.4. The Balaban J connectivity index is 1.58. The predicted octanol–water partition coefficient (Wildman–Crippen LogP) is 4.15. The molecule has 2 aromatic carbocycles. The molecule has 1 saturated heterocycles. The van der Waals surface area contributed by atoms with Crippen molar-refractivity contribution in [3.8, 4) is 11.5 Å². The fraction of sp³-hybridized carbons (Fsp3) is 0.455. The fourth-order valence-corrected chi connectivity index (χ4v) is 4.41. The van der Waals surface area contributed by atoms with Crippen molar-refractivity contribution in [1.29, 1.82) is 0 Å². The van der Waals surface area contributed by atoms with Gasteiger partial charge in [0.05, 0.1) is 6.04 Å². The minimum absolute atomic E-state index is 0.114. The van der Waals surface area contributed by atoms with Crippen molar-refractivity contribution >= 4 is 0 Å². The highest BCUT2D eigenvalue weighted by molar-refractivity contribution is 5.36. The molecule has 0 unspecified atom stereocenters. The molecule has 6 heteroatoms. The van der Waals surface area contributed by atoms with Gasteiger partial charge in [0.2, 0.25) is 0 Å². The van der Waals surface area contributed by atoms with Gasteiger partial charge in [-0.1, -0.05) is 24.3 Å². The Morgan fingerprint density at radius 3 is 2.50 bits per heavy atom. The van der Waals surface area contributed by atoms with Gasteiger partial charge in [-0.15, -0.1) is 0 Å². The quantitative estimate of drug-likeness (QED) is 0.836. The van der Waals surface area contributed by atoms with Crippen molar-refractivity contribution in [2.75, 3.05) is 13.1 Å². The van der Waals surface area contributed by atoms with Crippen LogP contribution in [0.3, 0.4) is 0 Å². The zero-order chi connectivity index (χ0) is 19.5. The van der Waals surface area contributed by atoms with E-state index in [0.29, 0.717) is 5.75 Å². The minimum Gasteiger partial charge on any atom is -0.484 e. The van der Waals surface area contributed by atoms with Gasteiger partial charge in [0.1, 0.15) is 17.6 Å². The van der Waals surface area contributed by atoms with Gasteiger partial charge in [-0.05, 0) is 67.6 Å². The van der Waals surface area contributed by atoms with E-state index in [1.807, 2.05) is 6.07 Å². The molecule has 0 bridgehead atoms. The molecule has 0 aromatic heterocycles. The molecule has 150 valence electrons. The van der Waals surface area contributed by atoms with E-state index < -0.39 is 6.61 Å². The standard InChI is InChI=1S/C22H26F2N2O2/c23-22(24)28-18-10-8-17(9-11-18)27-21-19-6-2-1-4-15(19)7-12-20(21)26-13-3-5-16(25)14-26/h1-2,4,6,8-11,16,20-22H,3,5,7,12-14,25H2/t16-,20-,21-/m0/s1. The summed E-state index contributed by atoms with van der Waals surface area (Å²) in [6.07, 6.45) is 4.09. The number of ether oxygens (including phenoxy) is 2. The minimum atomic E-state index is -2.83. The topological polar surface area (TPSA) is 47.7 Å². The highest BCUT2D eigenvalue weighted by Crippen LogP contribution is 2.37. The first-order valence-electron chi connectivity index (χ1n) is 9.89. The van der Waals surface area contributed by atoms with Crippen LogP contribution in [0.5, 0.6) is 11.5 Å². The molecule has 0 radical (unpaired) electrons. The number of piperidine rings is 1. The number of benzene rings is 2. The second-order valence-electron chi connectivity index (χ2n) is 7.59. The summed E-state index contributed by atoms with van der Waals surface area (Å²) in [6.45, 7) is -0.917. The molecule has 0 spiro atoms. The second kappa shape index (κ2) is 8.45. The lowest BCUT2D eigenvalue weighted by Crippen LogP contribution is -2.51. The maximum Gasteiger partial charge on any atom is 0.387 e. The first-order chi connectivity index (χ1) is 13.6. The zero-order valence-electron chi connectivity index (χ0n) is 15.8. The molecular formula is C22H26F2N2O2. The first kappa shape index (κ1) is 19.2. The van der Waals surface area contributed by atoms with E-state index in [1.54, 1.807) is 12.1 Å². The van der Waals surface area contributed by atoms with E-state index in [2.05, 4.69) is 27.8 Å². The molecule has 0 saturated carbocycles. The van der Waals surface area contributed by atoms with E-state index >= 15 is 0 Å². The Labute approximate surface area is 164 Å². The van der Waals surface area contributed by atoms with Crippen molar-refractivity contribution in [2.45, 2.75) is 50.5 Å². The van der Waals surface area contributed by atoms with E-state index in [9.17, 15) is 8.78 Å². The number of likely N-dealkylation sites (tertiary alicyclic amines) is 1. The molecule has 2 aliphatic rings. The highest BCUT2D eigenvalue weighted by atomic mass is 19.3. The third-order valence-electron chi connectivity index (χ3n) is 5.69. The van der Waals surface area contributed by atoms with Crippen molar-refractivity contribution < 1.29 is 18.3 Å². The van der Waals surface area contributed by atoms with Crippen LogP contribution in [0.2, 0.25) is 0 Å². The molecular weight excluding hydrogens is 362 g/mol. The average Bonchev–Trinajstić information content (AvgIpc) is 2.69. The number of hydrogen-bond donors (Lipinski definition) is 1. The van der Waals surface area contributed by atoms with Crippen LogP contribution in [-0.2, 0) is 6.42 Å². The van der Waals surface area contributed by atoms with Crippen molar-refractivity contribution in [2.24, 2.45) is 5.73 Å². The van der Waals surface area contributed by atoms with Gasteiger partial charge in [-0.2, -0.15) is 8.78 Å². The summed E-state index contributed by atoms with van der Waals surface area (Å²) in [5.41, 5.74) is 8.73. The van der Waals surface area contributed by atoms with Crippen LogP contribution in [-0.4, -0.2) is 36.7 Å². The first-order valence-corrected chi connectivity index (χ1v) is 9.89. The molecule has 0 amide bonds. The van der Waals surface area contributed by atoms with Gasteiger partial charge in [-0.25, -0.2) is 0 Å². The van der Waals surface area contributed by atoms with E-state index in [-0.39, 0.29) is 23.9 Å². The second-order valence-corrected chi connectivity index (χ2v) is 7.59. The van der Waals surface area contributed by atoms with Crippen LogP contribution in [0.1, 0.15) is 36.5 Å². The maximum absolute atomic E-state index is 12.4. The SMILES string of the molecule is N[C@H]1CCCN([C@H]2CCc3ccccc3[C@@H]2Oc2ccc(OC(F)F)cc2)C1. The van der Waals surface area contributed by atoms with E-state index in [4.69, 9.17) is 10.5 Å².